The fourth-order valence-electron chi connectivity index (χ4n) is 1.50. The molecule has 1 N–H and O–H groups in total. The van der Waals surface area contributed by atoms with E-state index in [4.69, 9.17) is 11.6 Å². The van der Waals surface area contributed by atoms with Gasteiger partial charge in [0.2, 0.25) is 9.47 Å². The largest absolute Gasteiger partial charge is 0.317 e. The predicted molar refractivity (Wildman–Crippen MR) is 72.0 cm³/mol. The van der Waals surface area contributed by atoms with Crippen molar-refractivity contribution in [2.75, 3.05) is 5.32 Å². The highest BCUT2D eigenvalue weighted by Gasteiger charge is 2.15. The minimum absolute atomic E-state index is 0.0284. The van der Waals surface area contributed by atoms with Gasteiger partial charge >= 0.3 is 0 Å². The molecule has 0 unspecified atom stereocenters. The Kier molecular flexibility index (Phi) is 3.54. The second-order valence-corrected chi connectivity index (χ2v) is 5.29. The van der Waals surface area contributed by atoms with Crippen LogP contribution in [-0.4, -0.2) is 36.3 Å². The Hall–Kier alpha value is -2.46. The second-order valence-electron chi connectivity index (χ2n) is 3.73. The van der Waals surface area contributed by atoms with E-state index in [1.54, 1.807) is 0 Å². The number of carbonyl (C=O) groups is 1. The van der Waals surface area contributed by atoms with Gasteiger partial charge < -0.3 is 5.32 Å². The molecule has 11 heteroatoms. The second kappa shape index (κ2) is 5.50. The molecule has 0 atom stereocenters. The van der Waals surface area contributed by atoms with Gasteiger partial charge in [0, 0.05) is 0 Å². The topological polar surface area (TPSA) is 98.5 Å². The van der Waals surface area contributed by atoms with Crippen molar-refractivity contribution in [2.24, 2.45) is 0 Å². The molecule has 0 radical (unpaired) electrons. The molecule has 1 aromatic carbocycles. The summed E-state index contributed by atoms with van der Waals surface area (Å²) in [5.74, 6) is -1.21. The van der Waals surface area contributed by atoms with Crippen molar-refractivity contribution in [3.8, 4) is 5.69 Å². The molecule has 0 spiro atoms. The van der Waals surface area contributed by atoms with E-state index in [0.29, 0.717) is 5.69 Å². The van der Waals surface area contributed by atoms with Crippen LogP contribution >= 0.6 is 22.9 Å². The molecule has 1 amide bonds. The zero-order valence-corrected chi connectivity index (χ0v) is 11.6. The summed E-state index contributed by atoms with van der Waals surface area (Å²) in [6.45, 7) is 0. The van der Waals surface area contributed by atoms with Gasteiger partial charge in [0.05, 0.1) is 11.4 Å². The fourth-order valence-corrected chi connectivity index (χ4v) is 2.23. The molecule has 0 aliphatic carbocycles. The number of amides is 1. The summed E-state index contributed by atoms with van der Waals surface area (Å²) in [5, 5.41) is 20.2. The van der Waals surface area contributed by atoms with Crippen LogP contribution in [0.5, 0.6) is 0 Å². The Morgan fingerprint density at radius 2 is 2.24 bits per heavy atom. The average Bonchev–Trinajstić information content (AvgIpc) is 3.12. The summed E-state index contributed by atoms with van der Waals surface area (Å²) < 4.78 is 15.2. The summed E-state index contributed by atoms with van der Waals surface area (Å²) in [6, 6.07) is 4.06. The van der Waals surface area contributed by atoms with Crippen molar-refractivity contribution in [2.45, 2.75) is 0 Å². The van der Waals surface area contributed by atoms with Gasteiger partial charge in [-0.15, -0.1) is 15.3 Å². The number of aromatic nitrogens is 6. The molecule has 3 aromatic rings. The van der Waals surface area contributed by atoms with Crippen molar-refractivity contribution in [1.82, 2.24) is 30.4 Å². The molecule has 0 aliphatic heterocycles. The summed E-state index contributed by atoms with van der Waals surface area (Å²) in [5.41, 5.74) is 0.464. The van der Waals surface area contributed by atoms with Crippen LogP contribution in [-0.2, 0) is 0 Å². The summed E-state index contributed by atoms with van der Waals surface area (Å²) in [4.78, 5) is 11.9. The fraction of sp³-hybridized carbons (Fsp3) is 0. The Labute approximate surface area is 125 Å². The predicted octanol–water partition coefficient (Wildman–Crippen LogP) is 1.56. The monoisotopic (exact) mass is 325 g/mol. The van der Waals surface area contributed by atoms with Crippen molar-refractivity contribution in [3.05, 3.63) is 39.8 Å². The van der Waals surface area contributed by atoms with E-state index in [9.17, 15) is 9.18 Å². The molecule has 0 fully saturated rings. The van der Waals surface area contributed by atoms with Gasteiger partial charge in [-0.25, -0.2) is 9.07 Å². The number of benzene rings is 1. The van der Waals surface area contributed by atoms with Gasteiger partial charge in [-0.1, -0.05) is 11.3 Å². The van der Waals surface area contributed by atoms with E-state index in [1.807, 2.05) is 0 Å². The molecule has 0 saturated carbocycles. The normalized spacial score (nSPS) is 10.6. The van der Waals surface area contributed by atoms with Gasteiger partial charge in [0.1, 0.15) is 12.1 Å². The molecule has 21 heavy (non-hydrogen) atoms. The number of hydrogen-bond acceptors (Lipinski definition) is 7. The number of tetrazole rings is 1. The lowest BCUT2D eigenvalue weighted by Gasteiger charge is -2.06. The minimum Gasteiger partial charge on any atom is -0.317 e. The van der Waals surface area contributed by atoms with Crippen LogP contribution in [0.4, 0.5) is 10.1 Å². The van der Waals surface area contributed by atoms with Crippen molar-refractivity contribution >= 4 is 34.5 Å². The van der Waals surface area contributed by atoms with Gasteiger partial charge in [0.15, 0.2) is 0 Å². The number of hydrogen-bond donors (Lipinski definition) is 1. The van der Waals surface area contributed by atoms with Gasteiger partial charge in [-0.3, -0.25) is 4.79 Å². The molecular weight excluding hydrogens is 321 g/mol. The van der Waals surface area contributed by atoms with Crippen LogP contribution in [0.15, 0.2) is 24.5 Å². The summed E-state index contributed by atoms with van der Waals surface area (Å²) in [6.07, 6.45) is 1.35. The Balaban J connectivity index is 1.88. The Morgan fingerprint density at radius 1 is 1.38 bits per heavy atom. The van der Waals surface area contributed by atoms with Crippen LogP contribution in [0.1, 0.15) is 9.80 Å². The van der Waals surface area contributed by atoms with Crippen LogP contribution in [0.2, 0.25) is 4.47 Å². The number of carbonyl (C=O) groups excluding carboxylic acids is 1. The molecule has 106 valence electrons. The number of anilines is 1. The third-order valence-electron chi connectivity index (χ3n) is 2.41. The maximum absolute atomic E-state index is 13.8. The van der Waals surface area contributed by atoms with Crippen molar-refractivity contribution in [3.63, 3.8) is 0 Å². The van der Waals surface area contributed by atoms with Crippen LogP contribution in [0.25, 0.3) is 5.69 Å². The quantitative estimate of drug-likeness (QED) is 0.784. The van der Waals surface area contributed by atoms with Crippen LogP contribution < -0.4 is 5.32 Å². The summed E-state index contributed by atoms with van der Waals surface area (Å²) in [7, 11) is 0. The smallest absolute Gasteiger partial charge is 0.286 e. The maximum Gasteiger partial charge on any atom is 0.286 e. The molecular formula is C10H5ClFN7OS. The first-order chi connectivity index (χ1) is 10.1. The van der Waals surface area contributed by atoms with E-state index in [-0.39, 0.29) is 15.2 Å². The average molecular weight is 326 g/mol. The lowest BCUT2D eigenvalue weighted by Crippen LogP contribution is -2.13. The molecule has 0 bridgehead atoms. The van der Waals surface area contributed by atoms with E-state index in [1.165, 1.54) is 29.2 Å². The van der Waals surface area contributed by atoms with Crippen LogP contribution in [0, 0.1) is 5.82 Å². The highest BCUT2D eigenvalue weighted by atomic mass is 35.5. The summed E-state index contributed by atoms with van der Waals surface area (Å²) >= 11 is 6.49. The van der Waals surface area contributed by atoms with E-state index < -0.39 is 11.7 Å². The first kappa shape index (κ1) is 13.5. The Morgan fingerprint density at radius 3 is 2.90 bits per heavy atom. The van der Waals surface area contributed by atoms with E-state index >= 15 is 0 Å². The lowest BCUT2D eigenvalue weighted by molar-refractivity contribution is 0.102. The molecule has 2 aromatic heterocycles. The molecule has 0 saturated heterocycles. The first-order valence-corrected chi connectivity index (χ1v) is 6.66. The maximum atomic E-state index is 13.8. The van der Waals surface area contributed by atoms with Gasteiger partial charge in [-0.05, 0) is 40.2 Å². The van der Waals surface area contributed by atoms with Crippen molar-refractivity contribution in [1.29, 1.82) is 0 Å². The molecule has 8 nitrogen and oxygen atoms in total. The van der Waals surface area contributed by atoms with Gasteiger partial charge in [0.25, 0.3) is 5.91 Å². The third-order valence-corrected chi connectivity index (χ3v) is 3.42. The number of rotatable bonds is 3. The first-order valence-electron chi connectivity index (χ1n) is 5.47. The van der Waals surface area contributed by atoms with Crippen molar-refractivity contribution < 1.29 is 9.18 Å². The van der Waals surface area contributed by atoms with Crippen LogP contribution in [0.3, 0.4) is 0 Å². The number of halogens is 2. The van der Waals surface area contributed by atoms with E-state index in [2.05, 4.69) is 31.0 Å². The number of nitrogens with zero attached hydrogens (tertiary/aromatic N) is 6. The van der Waals surface area contributed by atoms with Gasteiger partial charge in [-0.2, -0.15) is 0 Å². The molecule has 3 rings (SSSR count). The zero-order valence-electron chi connectivity index (χ0n) is 10.1. The zero-order chi connectivity index (χ0) is 14.8. The van der Waals surface area contributed by atoms with E-state index in [0.717, 1.165) is 11.3 Å². The minimum atomic E-state index is -0.604. The SMILES string of the molecule is O=C(Nc1cc(-n2cnnn2)ccc1F)c1nnc(Cl)s1. The highest BCUT2D eigenvalue weighted by molar-refractivity contribution is 7.17. The Bertz CT molecular complexity index is 791. The molecule has 0 aliphatic rings. The standard InChI is InChI=1S/C10H5ClFN7OS/c11-10-16-15-9(21-10)8(20)14-7-3-5(1-2-6(7)12)19-4-13-17-18-19/h1-4H,(H,14,20). The third kappa shape index (κ3) is 2.85. The lowest BCUT2D eigenvalue weighted by atomic mass is 10.2. The highest BCUT2D eigenvalue weighted by Crippen LogP contribution is 2.21. The number of nitrogens with one attached hydrogen (secondary N) is 1. The molecule has 2 heterocycles.